The van der Waals surface area contributed by atoms with E-state index in [1.807, 2.05) is 35.9 Å². The summed E-state index contributed by atoms with van der Waals surface area (Å²) in [5, 5.41) is 5.95. The molecule has 8 nitrogen and oxygen atoms in total. The number of oxazole rings is 1. The molecule has 0 radical (unpaired) electrons. The van der Waals surface area contributed by atoms with Gasteiger partial charge in [0.15, 0.2) is 11.3 Å². The minimum atomic E-state index is -0.0374. The van der Waals surface area contributed by atoms with Crippen LogP contribution in [0.3, 0.4) is 0 Å². The smallest absolute Gasteiger partial charge is 0.251 e. The summed E-state index contributed by atoms with van der Waals surface area (Å²) in [6, 6.07) is 7.85. The summed E-state index contributed by atoms with van der Waals surface area (Å²) in [5.74, 6) is 1.14. The largest absolute Gasteiger partial charge is 0.418 e. The first-order chi connectivity index (χ1) is 13.7. The number of anilines is 1. The molecule has 4 rings (SSSR count). The fraction of sp³-hybridized carbons (Fsp3) is 0.300. The number of imidazole rings is 1. The van der Waals surface area contributed by atoms with Crippen molar-refractivity contribution in [2.75, 3.05) is 12.4 Å². The number of nitrogens with zero attached hydrogens (tertiary/aromatic N) is 4. The summed E-state index contributed by atoms with van der Waals surface area (Å²) in [7, 11) is 3.72. The van der Waals surface area contributed by atoms with Gasteiger partial charge in [0.2, 0.25) is 12.3 Å². The van der Waals surface area contributed by atoms with Gasteiger partial charge in [-0.3, -0.25) is 4.79 Å². The first-order valence-electron chi connectivity index (χ1n) is 9.25. The number of aromatic nitrogens is 4. The normalized spacial score (nSPS) is 12.4. The Kier molecular flexibility index (Phi) is 4.68. The number of hydrogen-bond donors (Lipinski definition) is 2. The maximum atomic E-state index is 11.0. The van der Waals surface area contributed by atoms with Crippen molar-refractivity contribution in [2.24, 2.45) is 7.05 Å². The molecule has 0 bridgehead atoms. The molecule has 4 aromatic rings. The van der Waals surface area contributed by atoms with Crippen LogP contribution in [0.25, 0.3) is 33.7 Å². The van der Waals surface area contributed by atoms with E-state index in [4.69, 9.17) is 9.40 Å². The number of carbonyl (C=O) groups is 1. The van der Waals surface area contributed by atoms with Crippen molar-refractivity contribution in [3.05, 3.63) is 36.2 Å². The van der Waals surface area contributed by atoms with Gasteiger partial charge in [0, 0.05) is 19.7 Å². The van der Waals surface area contributed by atoms with Crippen molar-refractivity contribution in [2.45, 2.75) is 25.8 Å². The van der Waals surface area contributed by atoms with E-state index in [0.717, 1.165) is 41.4 Å². The van der Waals surface area contributed by atoms with Crippen molar-refractivity contribution in [3.63, 3.8) is 0 Å². The molecule has 0 fully saturated rings. The highest BCUT2D eigenvalue weighted by Crippen LogP contribution is 2.32. The minimum Gasteiger partial charge on any atom is -0.418 e. The predicted octanol–water partition coefficient (Wildman–Crippen LogP) is 3.41. The molecule has 1 atom stereocenters. The van der Waals surface area contributed by atoms with Gasteiger partial charge >= 0.3 is 0 Å². The van der Waals surface area contributed by atoms with Crippen molar-refractivity contribution < 1.29 is 9.21 Å². The molecule has 0 saturated carbocycles. The van der Waals surface area contributed by atoms with Crippen molar-refractivity contribution in [1.29, 1.82) is 0 Å². The van der Waals surface area contributed by atoms with E-state index >= 15 is 0 Å². The standard InChI is InChI=1S/C20H22N6O2/c1-4-6-14(23-11-27)12-7-5-8-13(9-12)19-24-16-17-15(22-10-26(17)3)18(21-2)25-20(16)28-19/h5,7-11,14H,4,6H2,1-3H3,(H,21,25)(H,23,27). The van der Waals surface area contributed by atoms with Crippen LogP contribution in [0.2, 0.25) is 0 Å². The predicted molar refractivity (Wildman–Crippen MR) is 108 cm³/mol. The Balaban J connectivity index is 1.84. The Morgan fingerprint density at radius 3 is 2.89 bits per heavy atom. The molecule has 1 amide bonds. The lowest BCUT2D eigenvalue weighted by Crippen LogP contribution is -2.19. The third-order valence-electron chi connectivity index (χ3n) is 4.83. The highest BCUT2D eigenvalue weighted by molar-refractivity contribution is 6.03. The van der Waals surface area contributed by atoms with Crippen molar-refractivity contribution in [3.8, 4) is 11.5 Å². The van der Waals surface area contributed by atoms with Gasteiger partial charge in [0.05, 0.1) is 12.4 Å². The molecule has 0 aliphatic heterocycles. The van der Waals surface area contributed by atoms with Gasteiger partial charge in [-0.25, -0.2) is 9.97 Å². The topological polar surface area (TPSA) is 97.9 Å². The lowest BCUT2D eigenvalue weighted by molar-refractivity contribution is -0.110. The van der Waals surface area contributed by atoms with Gasteiger partial charge in [-0.15, -0.1) is 0 Å². The molecular weight excluding hydrogens is 356 g/mol. The van der Waals surface area contributed by atoms with Crippen LogP contribution in [0, 0.1) is 0 Å². The second-order valence-electron chi connectivity index (χ2n) is 6.69. The van der Waals surface area contributed by atoms with E-state index in [2.05, 4.69) is 27.5 Å². The van der Waals surface area contributed by atoms with E-state index < -0.39 is 0 Å². The molecule has 0 saturated heterocycles. The second kappa shape index (κ2) is 7.30. The molecule has 1 unspecified atom stereocenters. The number of carbonyl (C=O) groups excluding carboxylic acids is 1. The fourth-order valence-electron chi connectivity index (χ4n) is 3.48. The number of benzene rings is 1. The van der Waals surface area contributed by atoms with E-state index in [1.165, 1.54) is 0 Å². The van der Waals surface area contributed by atoms with Crippen LogP contribution >= 0.6 is 0 Å². The molecule has 3 heterocycles. The summed E-state index contributed by atoms with van der Waals surface area (Å²) < 4.78 is 7.90. The van der Waals surface area contributed by atoms with Gasteiger partial charge in [-0.2, -0.15) is 4.98 Å². The lowest BCUT2D eigenvalue weighted by Gasteiger charge is -2.16. The number of pyridine rings is 1. The fourth-order valence-corrected chi connectivity index (χ4v) is 3.48. The van der Waals surface area contributed by atoms with Crippen LogP contribution in [0.4, 0.5) is 5.82 Å². The van der Waals surface area contributed by atoms with Gasteiger partial charge in [0.1, 0.15) is 11.0 Å². The average molecular weight is 378 g/mol. The zero-order valence-corrected chi connectivity index (χ0v) is 16.1. The monoisotopic (exact) mass is 378 g/mol. The third kappa shape index (κ3) is 2.96. The Bertz CT molecular complexity index is 1150. The number of nitrogens with one attached hydrogen (secondary N) is 2. The number of fused-ring (bicyclic) bond motifs is 3. The molecule has 0 aliphatic carbocycles. The second-order valence-corrected chi connectivity index (χ2v) is 6.69. The third-order valence-corrected chi connectivity index (χ3v) is 4.83. The number of rotatable bonds is 7. The highest BCUT2D eigenvalue weighted by Gasteiger charge is 2.19. The zero-order chi connectivity index (χ0) is 19.7. The van der Waals surface area contributed by atoms with E-state index in [-0.39, 0.29) is 6.04 Å². The maximum Gasteiger partial charge on any atom is 0.251 e. The van der Waals surface area contributed by atoms with Crippen LogP contribution < -0.4 is 10.6 Å². The van der Waals surface area contributed by atoms with E-state index in [1.54, 1.807) is 13.4 Å². The van der Waals surface area contributed by atoms with Crippen LogP contribution in [0.5, 0.6) is 0 Å². The van der Waals surface area contributed by atoms with E-state index in [0.29, 0.717) is 22.9 Å². The van der Waals surface area contributed by atoms with Gasteiger partial charge < -0.3 is 19.6 Å². The lowest BCUT2D eigenvalue weighted by atomic mass is 10.0. The Labute approximate surface area is 162 Å². The molecule has 8 heteroatoms. The molecule has 144 valence electrons. The molecule has 0 spiro atoms. The Morgan fingerprint density at radius 2 is 2.14 bits per heavy atom. The highest BCUT2D eigenvalue weighted by atomic mass is 16.4. The maximum absolute atomic E-state index is 11.0. The van der Waals surface area contributed by atoms with E-state index in [9.17, 15) is 4.79 Å². The summed E-state index contributed by atoms with van der Waals surface area (Å²) in [5.41, 5.74) is 4.60. The molecular formula is C20H22N6O2. The SMILES string of the molecule is CCCC(NC=O)c1cccc(-c2nc3c(nc(NC)c4ncn(C)c43)o2)c1. The quantitative estimate of drug-likeness (QED) is 0.478. The Hall–Kier alpha value is -3.42. The molecule has 3 aromatic heterocycles. The molecule has 28 heavy (non-hydrogen) atoms. The van der Waals surface area contributed by atoms with Gasteiger partial charge in [-0.05, 0) is 24.1 Å². The number of aryl methyl sites for hydroxylation is 1. The molecule has 1 aromatic carbocycles. The van der Waals surface area contributed by atoms with Gasteiger partial charge in [0.25, 0.3) is 5.71 Å². The van der Waals surface area contributed by atoms with Crippen molar-refractivity contribution >= 4 is 34.5 Å². The van der Waals surface area contributed by atoms with Crippen LogP contribution in [0.1, 0.15) is 31.4 Å². The van der Waals surface area contributed by atoms with Gasteiger partial charge in [-0.1, -0.05) is 25.5 Å². The average Bonchev–Trinajstić information content (AvgIpc) is 3.31. The summed E-state index contributed by atoms with van der Waals surface area (Å²) in [4.78, 5) is 24.6. The number of hydrogen-bond acceptors (Lipinski definition) is 6. The van der Waals surface area contributed by atoms with Crippen LogP contribution in [-0.4, -0.2) is 33.0 Å². The first-order valence-corrected chi connectivity index (χ1v) is 9.25. The summed E-state index contributed by atoms with van der Waals surface area (Å²) >= 11 is 0. The Morgan fingerprint density at radius 1 is 1.29 bits per heavy atom. The van der Waals surface area contributed by atoms with Crippen LogP contribution in [0.15, 0.2) is 35.0 Å². The summed E-state index contributed by atoms with van der Waals surface area (Å²) in [6.45, 7) is 2.09. The first kappa shape index (κ1) is 18.0. The summed E-state index contributed by atoms with van der Waals surface area (Å²) in [6.07, 6.45) is 4.31. The zero-order valence-electron chi connectivity index (χ0n) is 16.1. The molecule has 0 aliphatic rings. The van der Waals surface area contributed by atoms with Crippen LogP contribution in [-0.2, 0) is 11.8 Å². The minimum absolute atomic E-state index is 0.0374. The molecule has 2 N–H and O–H groups in total. The number of amides is 1. The van der Waals surface area contributed by atoms with Crippen molar-refractivity contribution in [1.82, 2.24) is 24.8 Å².